The van der Waals surface area contributed by atoms with Gasteiger partial charge in [-0.25, -0.2) is 9.37 Å². The van der Waals surface area contributed by atoms with Crippen molar-refractivity contribution in [3.63, 3.8) is 0 Å². The first-order chi connectivity index (χ1) is 8.49. The van der Waals surface area contributed by atoms with E-state index in [9.17, 15) is 8.94 Å². The van der Waals surface area contributed by atoms with Crippen molar-refractivity contribution < 1.29 is 13.7 Å². The Labute approximate surface area is 110 Å². The van der Waals surface area contributed by atoms with Gasteiger partial charge in [0.05, 0.1) is 19.3 Å². The number of ether oxygens (including phenoxy) is 1. The number of methoxy groups -OCH3 is 1. The van der Waals surface area contributed by atoms with E-state index in [0.717, 1.165) is 6.20 Å². The summed E-state index contributed by atoms with van der Waals surface area (Å²) in [5.74, 6) is -0.0714. The summed E-state index contributed by atoms with van der Waals surface area (Å²) >= 11 is -1.17. The van der Waals surface area contributed by atoms with Crippen molar-refractivity contribution in [3.05, 3.63) is 23.6 Å². The molecule has 0 radical (unpaired) electrons. The Morgan fingerprint density at radius 3 is 2.72 bits per heavy atom. The number of pyridine rings is 1. The molecule has 2 atom stereocenters. The van der Waals surface area contributed by atoms with E-state index < -0.39 is 17.2 Å². The Kier molecular flexibility index (Phi) is 5.84. The molecule has 0 aromatic carbocycles. The molecule has 0 aliphatic carbocycles. The van der Waals surface area contributed by atoms with Gasteiger partial charge in [0.1, 0.15) is 11.1 Å². The summed E-state index contributed by atoms with van der Waals surface area (Å²) in [6, 6.07) is 1.12. The van der Waals surface area contributed by atoms with E-state index >= 15 is 0 Å². The minimum absolute atomic E-state index is 0.00781. The summed E-state index contributed by atoms with van der Waals surface area (Å²) in [4.78, 5) is 3.88. The first kappa shape index (κ1) is 15.2. The number of hydrogen-bond donors (Lipinski definition) is 1. The third-order valence-corrected chi connectivity index (χ3v) is 3.88. The molecule has 0 amide bonds. The summed E-state index contributed by atoms with van der Waals surface area (Å²) in [5, 5.41) is -0.00781. The maximum absolute atomic E-state index is 13.3. The molecule has 0 saturated heterocycles. The fraction of sp³-hybridized carbons (Fsp3) is 0.583. The number of aromatic nitrogens is 1. The second-order valence-corrected chi connectivity index (χ2v) is 5.95. The molecule has 0 bridgehead atoms. The summed E-state index contributed by atoms with van der Waals surface area (Å²) in [5.41, 5.74) is 0.592. The van der Waals surface area contributed by atoms with Crippen LogP contribution in [0.15, 0.2) is 12.3 Å². The third kappa shape index (κ3) is 3.83. The zero-order valence-electron chi connectivity index (χ0n) is 11.1. The van der Waals surface area contributed by atoms with E-state index in [4.69, 9.17) is 4.74 Å². The second-order valence-electron chi connectivity index (χ2n) is 4.18. The number of nitrogens with one attached hydrogen (secondary N) is 1. The topological polar surface area (TPSA) is 57.2 Å². The molecule has 0 spiro atoms. The highest BCUT2D eigenvalue weighted by Crippen LogP contribution is 2.26. The van der Waals surface area contributed by atoms with Gasteiger partial charge in [-0.3, -0.25) is 0 Å². The van der Waals surface area contributed by atoms with Gasteiger partial charge in [0.2, 0.25) is 5.88 Å². The van der Waals surface area contributed by atoms with Crippen LogP contribution in [0.3, 0.4) is 0 Å². The number of rotatable bonds is 6. The standard InChI is InChI=1S/C12H19FN2O2S/c1-5-11(15-18(16)8(2)3)10-6-9(13)7-14-12(10)17-4/h6-8,11,15H,5H2,1-4H3/t11-,18?/m1/s1. The molecular weight excluding hydrogens is 255 g/mol. The molecule has 1 heterocycles. The Balaban J connectivity index is 2.97. The van der Waals surface area contributed by atoms with Crippen LogP contribution in [-0.2, 0) is 11.4 Å². The molecule has 1 aromatic rings. The van der Waals surface area contributed by atoms with Crippen molar-refractivity contribution in [2.45, 2.75) is 38.5 Å². The fourth-order valence-corrected chi connectivity index (χ4v) is 2.35. The van der Waals surface area contributed by atoms with Crippen molar-refractivity contribution in [3.8, 4) is 5.88 Å². The highest BCUT2D eigenvalue weighted by Gasteiger charge is 2.23. The SMILES string of the molecule is CC[C@@H](N[S+]([O-])C(C)C)c1cc(F)cnc1OC. The van der Waals surface area contributed by atoms with Gasteiger partial charge in [0.15, 0.2) is 0 Å². The van der Waals surface area contributed by atoms with Crippen LogP contribution in [0.25, 0.3) is 0 Å². The maximum atomic E-state index is 13.3. The molecule has 0 fully saturated rings. The van der Waals surface area contributed by atoms with Crippen LogP contribution in [0.2, 0.25) is 0 Å². The van der Waals surface area contributed by atoms with Crippen molar-refractivity contribution >= 4 is 11.4 Å². The van der Waals surface area contributed by atoms with Crippen LogP contribution in [0.4, 0.5) is 4.39 Å². The van der Waals surface area contributed by atoms with Crippen molar-refractivity contribution in [2.75, 3.05) is 7.11 Å². The van der Waals surface area contributed by atoms with Gasteiger partial charge in [0, 0.05) is 16.9 Å². The molecule has 6 heteroatoms. The van der Waals surface area contributed by atoms with E-state index in [1.54, 1.807) is 0 Å². The lowest BCUT2D eigenvalue weighted by atomic mass is 10.1. The van der Waals surface area contributed by atoms with E-state index in [1.165, 1.54) is 13.2 Å². The van der Waals surface area contributed by atoms with Crippen molar-refractivity contribution in [1.82, 2.24) is 9.71 Å². The van der Waals surface area contributed by atoms with Crippen LogP contribution in [0.1, 0.15) is 38.8 Å². The van der Waals surface area contributed by atoms with Crippen LogP contribution >= 0.6 is 0 Å². The smallest absolute Gasteiger partial charge is 0.218 e. The summed E-state index contributed by atoms with van der Waals surface area (Å²) in [6.07, 6.45) is 1.77. The predicted octanol–water partition coefficient (Wildman–Crippen LogP) is 2.34. The Hall–Kier alpha value is -0.850. The molecule has 0 saturated carbocycles. The average molecular weight is 274 g/mol. The number of halogens is 1. The lowest BCUT2D eigenvalue weighted by Crippen LogP contribution is -2.34. The van der Waals surface area contributed by atoms with Gasteiger partial charge in [-0.05, 0) is 26.3 Å². The molecule has 4 nitrogen and oxygen atoms in total. The van der Waals surface area contributed by atoms with E-state index in [1.807, 2.05) is 20.8 Å². The van der Waals surface area contributed by atoms with E-state index in [0.29, 0.717) is 17.9 Å². The van der Waals surface area contributed by atoms with Crippen LogP contribution in [0, 0.1) is 5.82 Å². The highest BCUT2D eigenvalue weighted by molar-refractivity contribution is 7.90. The maximum Gasteiger partial charge on any atom is 0.218 e. The normalized spacial score (nSPS) is 14.6. The summed E-state index contributed by atoms with van der Waals surface area (Å²) < 4.78 is 33.1. The Morgan fingerprint density at radius 1 is 1.56 bits per heavy atom. The highest BCUT2D eigenvalue weighted by atomic mass is 32.2. The molecule has 18 heavy (non-hydrogen) atoms. The minimum Gasteiger partial charge on any atom is -0.598 e. The van der Waals surface area contributed by atoms with Crippen molar-refractivity contribution in [2.24, 2.45) is 0 Å². The predicted molar refractivity (Wildman–Crippen MR) is 70.2 cm³/mol. The molecule has 1 aromatic heterocycles. The van der Waals surface area contributed by atoms with Gasteiger partial charge in [-0.2, -0.15) is 0 Å². The molecule has 1 N–H and O–H groups in total. The molecule has 0 aliphatic heterocycles. The van der Waals surface area contributed by atoms with Gasteiger partial charge >= 0.3 is 0 Å². The van der Waals surface area contributed by atoms with E-state index in [2.05, 4.69) is 9.71 Å². The molecular formula is C12H19FN2O2S. The zero-order valence-corrected chi connectivity index (χ0v) is 11.9. The lowest BCUT2D eigenvalue weighted by molar-refractivity contribution is 0.383. The van der Waals surface area contributed by atoms with Gasteiger partial charge in [0.25, 0.3) is 0 Å². The average Bonchev–Trinajstić information content (AvgIpc) is 2.35. The second kappa shape index (κ2) is 6.92. The minimum atomic E-state index is -1.17. The Morgan fingerprint density at radius 2 is 2.22 bits per heavy atom. The summed E-state index contributed by atoms with van der Waals surface area (Å²) in [7, 11) is 1.48. The van der Waals surface area contributed by atoms with Gasteiger partial charge < -0.3 is 9.29 Å². The Bertz CT molecular complexity index is 390. The number of nitrogens with zero attached hydrogens (tertiary/aromatic N) is 1. The first-order valence-corrected chi connectivity index (χ1v) is 7.07. The third-order valence-electron chi connectivity index (χ3n) is 2.51. The molecule has 0 aliphatic rings. The van der Waals surface area contributed by atoms with Crippen LogP contribution in [0.5, 0.6) is 5.88 Å². The van der Waals surface area contributed by atoms with Gasteiger partial charge in [-0.1, -0.05) is 6.92 Å². The summed E-state index contributed by atoms with van der Waals surface area (Å²) in [6.45, 7) is 5.65. The zero-order chi connectivity index (χ0) is 13.7. The van der Waals surface area contributed by atoms with Crippen LogP contribution < -0.4 is 9.46 Å². The van der Waals surface area contributed by atoms with Gasteiger partial charge in [-0.15, -0.1) is 4.72 Å². The quantitative estimate of drug-likeness (QED) is 0.809. The lowest BCUT2D eigenvalue weighted by Gasteiger charge is -2.22. The molecule has 1 unspecified atom stereocenters. The monoisotopic (exact) mass is 274 g/mol. The van der Waals surface area contributed by atoms with Crippen LogP contribution in [-0.4, -0.2) is 21.9 Å². The van der Waals surface area contributed by atoms with E-state index in [-0.39, 0.29) is 11.3 Å². The fourth-order valence-electron chi connectivity index (χ4n) is 1.51. The number of hydrogen-bond acceptors (Lipinski definition) is 4. The first-order valence-electron chi connectivity index (χ1n) is 5.85. The molecule has 102 valence electrons. The largest absolute Gasteiger partial charge is 0.598 e. The molecule has 1 rings (SSSR count). The van der Waals surface area contributed by atoms with Crippen molar-refractivity contribution in [1.29, 1.82) is 0 Å².